The molecule has 0 aromatic heterocycles. The number of nitro groups is 1. The molecule has 7 heteroatoms. The van der Waals surface area contributed by atoms with Crippen LogP contribution in [0.15, 0.2) is 84.9 Å². The van der Waals surface area contributed by atoms with E-state index in [1.807, 2.05) is 24.3 Å². The normalized spacial score (nSPS) is 11.1. The van der Waals surface area contributed by atoms with Crippen molar-refractivity contribution in [2.24, 2.45) is 0 Å². The van der Waals surface area contributed by atoms with Crippen LogP contribution in [0.5, 0.6) is 11.5 Å². The topological polar surface area (TPSA) is 95.7 Å². The Bertz CT molecular complexity index is 1290. The molecule has 0 radical (unpaired) electrons. The largest absolute Gasteiger partial charge is 0.494 e. The second kappa shape index (κ2) is 15.7. The molecule has 0 bridgehead atoms. The summed E-state index contributed by atoms with van der Waals surface area (Å²) < 4.78 is 11.1. The Balaban J connectivity index is 1.43. The smallest absolute Gasteiger partial charge is 0.336 e. The molecule has 0 aliphatic heterocycles. The number of carbonyl (C=O) groups excluding carboxylic acids is 2. The van der Waals surface area contributed by atoms with Gasteiger partial charge < -0.3 is 9.47 Å². The number of ketones is 1. The number of non-ortho nitro benzene ring substituents is 1. The molecule has 3 rings (SSSR count). The Hall–Kier alpha value is -4.52. The van der Waals surface area contributed by atoms with Gasteiger partial charge in [-0.1, -0.05) is 81.5 Å². The van der Waals surface area contributed by atoms with Crippen molar-refractivity contribution in [1.82, 2.24) is 0 Å². The third kappa shape index (κ3) is 10.4. The van der Waals surface area contributed by atoms with Crippen molar-refractivity contribution in [3.8, 4) is 11.5 Å². The number of rotatable bonds is 15. The van der Waals surface area contributed by atoms with E-state index >= 15 is 0 Å². The van der Waals surface area contributed by atoms with E-state index in [0.717, 1.165) is 17.7 Å². The highest BCUT2D eigenvalue weighted by Gasteiger charge is 2.09. The maximum absolute atomic E-state index is 12.3. The fourth-order valence-electron chi connectivity index (χ4n) is 3.75. The molecule has 39 heavy (non-hydrogen) atoms. The molecule has 7 nitrogen and oxygen atoms in total. The highest BCUT2D eigenvalue weighted by Crippen LogP contribution is 2.17. The fourth-order valence-corrected chi connectivity index (χ4v) is 3.75. The molecule has 0 aliphatic rings. The Morgan fingerprint density at radius 3 is 2.08 bits per heavy atom. The van der Waals surface area contributed by atoms with Gasteiger partial charge in [0.1, 0.15) is 11.5 Å². The van der Waals surface area contributed by atoms with Gasteiger partial charge in [0.25, 0.3) is 5.69 Å². The van der Waals surface area contributed by atoms with Crippen LogP contribution < -0.4 is 9.47 Å². The van der Waals surface area contributed by atoms with E-state index in [1.165, 1.54) is 68.5 Å². The van der Waals surface area contributed by atoms with E-state index in [1.54, 1.807) is 36.4 Å². The number of unbranched alkanes of at least 4 members (excludes halogenated alkanes) is 5. The molecule has 0 N–H and O–H groups in total. The van der Waals surface area contributed by atoms with Crippen LogP contribution >= 0.6 is 0 Å². The van der Waals surface area contributed by atoms with Crippen LogP contribution in [0, 0.1) is 10.1 Å². The van der Waals surface area contributed by atoms with Crippen LogP contribution in [0.2, 0.25) is 0 Å². The van der Waals surface area contributed by atoms with Crippen LogP contribution in [0.25, 0.3) is 12.2 Å². The zero-order valence-electron chi connectivity index (χ0n) is 22.1. The number of benzene rings is 3. The number of nitro benzene ring substituents is 1. The van der Waals surface area contributed by atoms with Crippen LogP contribution in [0.3, 0.4) is 0 Å². The Labute approximate surface area is 228 Å². The molecule has 0 unspecified atom stereocenters. The minimum absolute atomic E-state index is 0.140. The van der Waals surface area contributed by atoms with Crippen molar-refractivity contribution >= 4 is 29.6 Å². The number of ether oxygens (including phenoxy) is 2. The molecule has 3 aromatic carbocycles. The molecule has 0 spiro atoms. The van der Waals surface area contributed by atoms with E-state index in [-0.39, 0.29) is 17.0 Å². The van der Waals surface area contributed by atoms with Gasteiger partial charge in [0.15, 0.2) is 5.78 Å². The number of allylic oxidation sites excluding steroid dienone is 1. The lowest BCUT2D eigenvalue weighted by molar-refractivity contribution is -0.384. The average molecular weight is 528 g/mol. The van der Waals surface area contributed by atoms with E-state index in [4.69, 9.17) is 9.47 Å². The van der Waals surface area contributed by atoms with Crippen LogP contribution in [0.4, 0.5) is 5.69 Å². The maximum Gasteiger partial charge on any atom is 0.336 e. The predicted molar refractivity (Wildman–Crippen MR) is 153 cm³/mol. The lowest BCUT2D eigenvalue weighted by Gasteiger charge is -2.06. The summed E-state index contributed by atoms with van der Waals surface area (Å²) in [5.74, 6) is 0.314. The van der Waals surface area contributed by atoms with Gasteiger partial charge in [-0.15, -0.1) is 0 Å². The molecule has 202 valence electrons. The second-order valence-corrected chi connectivity index (χ2v) is 9.01. The minimum atomic E-state index is -0.543. The number of nitrogens with zero attached hydrogens (tertiary/aromatic N) is 1. The van der Waals surface area contributed by atoms with Crippen molar-refractivity contribution in [2.75, 3.05) is 6.61 Å². The van der Waals surface area contributed by atoms with E-state index in [9.17, 15) is 19.7 Å². The Morgan fingerprint density at radius 1 is 0.795 bits per heavy atom. The third-order valence-corrected chi connectivity index (χ3v) is 5.93. The number of hydrogen-bond acceptors (Lipinski definition) is 6. The summed E-state index contributed by atoms with van der Waals surface area (Å²) in [6, 6.07) is 19.8. The first-order valence-electron chi connectivity index (χ1n) is 13.1. The van der Waals surface area contributed by atoms with Gasteiger partial charge in [0.05, 0.1) is 11.5 Å². The Morgan fingerprint density at radius 2 is 1.41 bits per heavy atom. The number of carbonyl (C=O) groups is 2. The van der Waals surface area contributed by atoms with Gasteiger partial charge in [-0.05, 0) is 54.0 Å². The molecule has 3 aromatic rings. The van der Waals surface area contributed by atoms with Crippen LogP contribution in [-0.4, -0.2) is 23.3 Å². The SMILES string of the molecule is CCCCCCCCOc1ccc(/C=C/C(=O)Oc2ccc(/C=C/C(=O)c3cccc([N+](=O)[O-])c3)cc2)cc1. The summed E-state index contributed by atoms with van der Waals surface area (Å²) in [7, 11) is 0. The molecule has 0 amide bonds. The first-order valence-corrected chi connectivity index (χ1v) is 13.1. The summed E-state index contributed by atoms with van der Waals surface area (Å²) in [6.45, 7) is 2.92. The zero-order chi connectivity index (χ0) is 27.9. The average Bonchev–Trinajstić information content (AvgIpc) is 2.95. The van der Waals surface area contributed by atoms with Crippen LogP contribution in [-0.2, 0) is 4.79 Å². The minimum Gasteiger partial charge on any atom is -0.494 e. The molecule has 0 fully saturated rings. The first-order chi connectivity index (χ1) is 18.9. The second-order valence-electron chi connectivity index (χ2n) is 9.01. The highest BCUT2D eigenvalue weighted by atomic mass is 16.6. The monoisotopic (exact) mass is 527 g/mol. The standard InChI is InChI=1S/C32H33NO6/c1-2-3-4-5-6-7-23-38-29-17-11-26(12-18-29)16-22-32(35)39-30-19-13-25(14-20-30)15-21-31(34)27-9-8-10-28(24-27)33(36)37/h8-22,24H,2-7,23H2,1H3/b21-15+,22-16+. The van der Waals surface area contributed by atoms with E-state index in [2.05, 4.69) is 6.92 Å². The quantitative estimate of drug-likeness (QED) is 0.0380. The molecule has 0 saturated carbocycles. The Kier molecular flexibility index (Phi) is 11.7. The van der Waals surface area contributed by atoms with Crippen molar-refractivity contribution in [3.63, 3.8) is 0 Å². The molecule has 0 aliphatic carbocycles. The summed E-state index contributed by atoms with van der Waals surface area (Å²) in [6.07, 6.45) is 13.3. The summed E-state index contributed by atoms with van der Waals surface area (Å²) >= 11 is 0. The van der Waals surface area contributed by atoms with Gasteiger partial charge in [-0.25, -0.2) is 4.79 Å². The molecular weight excluding hydrogens is 494 g/mol. The van der Waals surface area contributed by atoms with Gasteiger partial charge in [-0.3, -0.25) is 14.9 Å². The first kappa shape index (κ1) is 29.0. The fraction of sp³-hybridized carbons (Fsp3) is 0.250. The van der Waals surface area contributed by atoms with E-state index < -0.39 is 10.9 Å². The lowest BCUT2D eigenvalue weighted by atomic mass is 10.1. The van der Waals surface area contributed by atoms with Gasteiger partial charge >= 0.3 is 5.97 Å². The lowest BCUT2D eigenvalue weighted by Crippen LogP contribution is -2.03. The molecule has 0 atom stereocenters. The molecule has 0 saturated heterocycles. The van der Waals surface area contributed by atoms with Gasteiger partial charge in [0, 0.05) is 23.8 Å². The van der Waals surface area contributed by atoms with Gasteiger partial charge in [0.2, 0.25) is 0 Å². The zero-order valence-corrected chi connectivity index (χ0v) is 22.1. The number of hydrogen-bond donors (Lipinski definition) is 0. The van der Waals surface area contributed by atoms with Crippen molar-refractivity contribution < 1.29 is 24.0 Å². The van der Waals surface area contributed by atoms with Crippen molar-refractivity contribution in [1.29, 1.82) is 0 Å². The molecule has 0 heterocycles. The van der Waals surface area contributed by atoms with Crippen molar-refractivity contribution in [3.05, 3.63) is 112 Å². The maximum atomic E-state index is 12.3. The highest BCUT2D eigenvalue weighted by molar-refractivity contribution is 6.07. The molecular formula is C32H33NO6. The predicted octanol–water partition coefficient (Wildman–Crippen LogP) is 7.85. The van der Waals surface area contributed by atoms with Crippen molar-refractivity contribution in [2.45, 2.75) is 45.4 Å². The summed E-state index contributed by atoms with van der Waals surface area (Å²) in [5.41, 5.74) is 1.66. The summed E-state index contributed by atoms with van der Waals surface area (Å²) in [4.78, 5) is 34.9. The number of esters is 1. The van der Waals surface area contributed by atoms with Crippen LogP contribution in [0.1, 0.15) is 66.9 Å². The summed E-state index contributed by atoms with van der Waals surface area (Å²) in [5, 5.41) is 10.9. The van der Waals surface area contributed by atoms with E-state index in [0.29, 0.717) is 17.9 Å². The van der Waals surface area contributed by atoms with Gasteiger partial charge in [-0.2, -0.15) is 0 Å². The third-order valence-electron chi connectivity index (χ3n) is 5.93.